The number of unbranched alkanes of at least 4 members (excludes halogenated alkanes) is 3. The molecule has 4 heteroatoms. The summed E-state index contributed by atoms with van der Waals surface area (Å²) in [7, 11) is -4.13. The van der Waals surface area contributed by atoms with Crippen molar-refractivity contribution in [3.05, 3.63) is 28.8 Å². The van der Waals surface area contributed by atoms with Gasteiger partial charge in [0.05, 0.1) is 4.90 Å². The second-order valence-electron chi connectivity index (χ2n) is 6.31. The molecule has 0 atom stereocenters. The monoisotopic (exact) mass is 312 g/mol. The fraction of sp³-hybridized carbons (Fsp3) is 0.647. The van der Waals surface area contributed by atoms with E-state index in [9.17, 15) is 13.0 Å². The third kappa shape index (κ3) is 5.79. The smallest absolute Gasteiger partial charge is 0.282 e. The Kier molecular flexibility index (Phi) is 6.88. The van der Waals surface area contributed by atoms with E-state index in [1.54, 1.807) is 6.07 Å². The maximum absolute atomic E-state index is 11.5. The fourth-order valence-corrected chi connectivity index (χ4v) is 3.42. The van der Waals surface area contributed by atoms with Crippen LogP contribution < -0.4 is 0 Å². The molecule has 21 heavy (non-hydrogen) atoms. The minimum absolute atomic E-state index is 0.0766. The molecule has 0 fully saturated rings. The van der Waals surface area contributed by atoms with Crippen molar-refractivity contribution in [1.29, 1.82) is 0 Å². The van der Waals surface area contributed by atoms with Gasteiger partial charge in [0, 0.05) is 0 Å². The third-order valence-corrected chi connectivity index (χ3v) is 5.00. The summed E-state index contributed by atoms with van der Waals surface area (Å²) in [6, 6.07) is 3.27. The lowest BCUT2D eigenvalue weighted by atomic mass is 9.97. The third-order valence-electron chi connectivity index (χ3n) is 4.06. The van der Waals surface area contributed by atoms with E-state index in [1.807, 2.05) is 13.8 Å². The van der Waals surface area contributed by atoms with E-state index < -0.39 is 10.1 Å². The first kappa shape index (κ1) is 18.2. The Morgan fingerprint density at radius 1 is 1.05 bits per heavy atom. The van der Waals surface area contributed by atoms with Crippen molar-refractivity contribution in [1.82, 2.24) is 0 Å². The molecule has 0 amide bonds. The summed E-state index contributed by atoms with van der Waals surface area (Å²) in [4.78, 5) is 0.0766. The minimum atomic E-state index is -4.13. The zero-order chi connectivity index (χ0) is 16.0. The molecule has 0 heterocycles. The van der Waals surface area contributed by atoms with Gasteiger partial charge in [-0.15, -0.1) is 0 Å². The molecular weight excluding hydrogens is 284 g/mol. The lowest BCUT2D eigenvalue weighted by Gasteiger charge is -2.13. The first-order chi connectivity index (χ1) is 9.73. The van der Waals surface area contributed by atoms with Crippen LogP contribution in [0.25, 0.3) is 0 Å². The molecular formula is C17H28O3S. The molecule has 1 N–H and O–H groups in total. The highest BCUT2D eigenvalue weighted by Gasteiger charge is 2.17. The molecule has 1 aromatic rings. The van der Waals surface area contributed by atoms with Crippen LogP contribution in [0, 0.1) is 19.8 Å². The van der Waals surface area contributed by atoms with Crippen molar-refractivity contribution in [3.63, 3.8) is 0 Å². The molecule has 1 rings (SSSR count). The second kappa shape index (κ2) is 7.95. The summed E-state index contributed by atoms with van der Waals surface area (Å²) >= 11 is 0. The van der Waals surface area contributed by atoms with Crippen LogP contribution in [0.3, 0.4) is 0 Å². The van der Waals surface area contributed by atoms with Gasteiger partial charge in [0.25, 0.3) is 10.1 Å². The van der Waals surface area contributed by atoms with Crippen LogP contribution in [0.1, 0.15) is 62.6 Å². The first-order valence-corrected chi connectivity index (χ1v) is 9.24. The predicted molar refractivity (Wildman–Crippen MR) is 87.4 cm³/mol. The molecule has 0 aliphatic heterocycles. The maximum Gasteiger partial charge on any atom is 0.294 e. The normalized spacial score (nSPS) is 12.1. The molecule has 1 aromatic carbocycles. The molecule has 0 unspecified atom stereocenters. The van der Waals surface area contributed by atoms with Crippen molar-refractivity contribution in [2.75, 3.05) is 0 Å². The van der Waals surface area contributed by atoms with Crippen LogP contribution in [-0.2, 0) is 16.5 Å². The van der Waals surface area contributed by atoms with Gasteiger partial charge >= 0.3 is 0 Å². The Balaban J connectivity index is 2.68. The molecule has 0 aliphatic carbocycles. The van der Waals surface area contributed by atoms with Gasteiger partial charge in [-0.2, -0.15) is 8.42 Å². The van der Waals surface area contributed by atoms with E-state index in [-0.39, 0.29) is 4.90 Å². The van der Waals surface area contributed by atoms with Crippen LogP contribution >= 0.6 is 0 Å². The number of aryl methyl sites for hydroxylation is 1. The molecule has 3 nitrogen and oxygen atoms in total. The average molecular weight is 312 g/mol. The van der Waals surface area contributed by atoms with Crippen molar-refractivity contribution in [2.24, 2.45) is 5.92 Å². The molecule has 0 radical (unpaired) electrons. The lowest BCUT2D eigenvalue weighted by molar-refractivity contribution is 0.481. The van der Waals surface area contributed by atoms with Gasteiger partial charge in [-0.05, 0) is 55.4 Å². The lowest BCUT2D eigenvalue weighted by Crippen LogP contribution is -2.06. The Morgan fingerprint density at radius 2 is 1.67 bits per heavy atom. The predicted octanol–water partition coefficient (Wildman–Crippen LogP) is 4.70. The number of benzene rings is 1. The summed E-state index contributed by atoms with van der Waals surface area (Å²) in [5.74, 6) is 0.746. The summed E-state index contributed by atoms with van der Waals surface area (Å²) in [6.07, 6.45) is 6.44. The van der Waals surface area contributed by atoms with E-state index in [0.717, 1.165) is 35.4 Å². The summed E-state index contributed by atoms with van der Waals surface area (Å²) in [6.45, 7) is 8.36. The molecule has 0 bridgehead atoms. The largest absolute Gasteiger partial charge is 0.294 e. The molecule has 0 saturated heterocycles. The van der Waals surface area contributed by atoms with Gasteiger partial charge < -0.3 is 0 Å². The van der Waals surface area contributed by atoms with Gasteiger partial charge in [0.15, 0.2) is 0 Å². The number of hydrogen-bond acceptors (Lipinski definition) is 2. The van der Waals surface area contributed by atoms with E-state index in [1.165, 1.54) is 25.3 Å². The highest BCUT2D eigenvalue weighted by molar-refractivity contribution is 7.85. The van der Waals surface area contributed by atoms with Crippen LogP contribution in [0.15, 0.2) is 17.0 Å². The maximum atomic E-state index is 11.5. The number of hydrogen-bond donors (Lipinski definition) is 1. The summed E-state index contributed by atoms with van der Waals surface area (Å²) < 4.78 is 32.3. The van der Waals surface area contributed by atoms with E-state index >= 15 is 0 Å². The number of rotatable bonds is 8. The zero-order valence-electron chi connectivity index (χ0n) is 13.6. The van der Waals surface area contributed by atoms with Crippen molar-refractivity contribution >= 4 is 10.1 Å². The van der Waals surface area contributed by atoms with Gasteiger partial charge in [-0.1, -0.05) is 45.6 Å². The van der Waals surface area contributed by atoms with Crippen LogP contribution in [0.2, 0.25) is 0 Å². The van der Waals surface area contributed by atoms with Gasteiger partial charge in [-0.25, -0.2) is 0 Å². The van der Waals surface area contributed by atoms with E-state index in [4.69, 9.17) is 0 Å². The fourth-order valence-electron chi connectivity index (χ4n) is 2.61. The quantitative estimate of drug-likeness (QED) is 0.559. The van der Waals surface area contributed by atoms with Gasteiger partial charge in [0.2, 0.25) is 0 Å². The first-order valence-electron chi connectivity index (χ1n) is 7.80. The Morgan fingerprint density at radius 3 is 2.24 bits per heavy atom. The van der Waals surface area contributed by atoms with Gasteiger partial charge in [0.1, 0.15) is 0 Å². The highest BCUT2D eigenvalue weighted by Crippen LogP contribution is 2.24. The molecule has 120 valence electrons. The van der Waals surface area contributed by atoms with Crippen LogP contribution in [0.5, 0.6) is 0 Å². The summed E-state index contributed by atoms with van der Waals surface area (Å²) in [5, 5.41) is 0. The molecule has 0 saturated carbocycles. The average Bonchev–Trinajstić information content (AvgIpc) is 2.36. The summed E-state index contributed by atoms with van der Waals surface area (Å²) in [5.41, 5.74) is 2.82. The van der Waals surface area contributed by atoms with Crippen molar-refractivity contribution in [3.8, 4) is 0 Å². The van der Waals surface area contributed by atoms with Crippen LogP contribution in [0.4, 0.5) is 0 Å². The van der Waals surface area contributed by atoms with E-state index in [2.05, 4.69) is 13.8 Å². The SMILES string of the molecule is Cc1ccc(S(=O)(=O)O)c(CCCCCCC(C)C)c1C. The molecule has 0 spiro atoms. The second-order valence-corrected chi connectivity index (χ2v) is 7.70. The topological polar surface area (TPSA) is 54.4 Å². The van der Waals surface area contributed by atoms with Crippen molar-refractivity contribution < 1.29 is 13.0 Å². The molecule has 0 aliphatic rings. The van der Waals surface area contributed by atoms with E-state index in [0.29, 0.717) is 6.42 Å². The van der Waals surface area contributed by atoms with Crippen LogP contribution in [-0.4, -0.2) is 13.0 Å². The Labute approximate surface area is 129 Å². The standard InChI is InChI=1S/C17H28O3S/c1-13(2)9-7-5-6-8-10-16-15(4)14(3)11-12-17(16)21(18,19)20/h11-13H,5-10H2,1-4H3,(H,18,19,20). The zero-order valence-corrected chi connectivity index (χ0v) is 14.5. The molecule has 0 aromatic heterocycles. The Bertz CT molecular complexity index is 560. The van der Waals surface area contributed by atoms with Crippen molar-refractivity contribution in [2.45, 2.75) is 71.1 Å². The minimum Gasteiger partial charge on any atom is -0.282 e. The Hall–Kier alpha value is -0.870. The highest BCUT2D eigenvalue weighted by atomic mass is 32.2. The van der Waals surface area contributed by atoms with Gasteiger partial charge in [-0.3, -0.25) is 4.55 Å².